The molecule has 2 aromatic rings. The first-order chi connectivity index (χ1) is 10.5. The molecule has 3 rings (SSSR count). The van der Waals surface area contributed by atoms with Crippen LogP contribution in [0.25, 0.3) is 0 Å². The number of hydrogen-bond donors (Lipinski definition) is 0. The Morgan fingerprint density at radius 2 is 2.23 bits per heavy atom. The molecule has 0 radical (unpaired) electrons. The molecule has 0 unspecified atom stereocenters. The predicted molar refractivity (Wildman–Crippen MR) is 90.2 cm³/mol. The highest BCUT2D eigenvalue weighted by atomic mass is 35.5. The molecule has 2 aromatic heterocycles. The van der Waals surface area contributed by atoms with Gasteiger partial charge in [0.2, 0.25) is 5.91 Å². The third-order valence-electron chi connectivity index (χ3n) is 4.25. The fourth-order valence-corrected chi connectivity index (χ4v) is 4.04. The van der Waals surface area contributed by atoms with Gasteiger partial charge < -0.3 is 9.47 Å². The van der Waals surface area contributed by atoms with E-state index in [1.165, 1.54) is 17.0 Å². The standard InChI is InChI=1S/C16H20ClN3OS/c1-12-14-4-3-7-19(14)8-9-20(12)11-16(21)18(2)10-13-5-6-15(17)22-13/h3-7,12H,8-11H2,1-2H3/t12-/m0/s1. The first-order valence-corrected chi connectivity index (χ1v) is 8.61. The minimum Gasteiger partial charge on any atom is -0.349 e. The first kappa shape index (κ1) is 15.6. The lowest BCUT2D eigenvalue weighted by Gasteiger charge is -2.35. The van der Waals surface area contributed by atoms with Crippen molar-refractivity contribution in [1.29, 1.82) is 0 Å². The molecule has 0 fully saturated rings. The van der Waals surface area contributed by atoms with Crippen LogP contribution in [0.5, 0.6) is 0 Å². The van der Waals surface area contributed by atoms with E-state index in [4.69, 9.17) is 11.6 Å². The normalized spacial score (nSPS) is 18.2. The first-order valence-electron chi connectivity index (χ1n) is 7.42. The summed E-state index contributed by atoms with van der Waals surface area (Å²) in [5.74, 6) is 0.149. The second kappa shape index (κ2) is 6.44. The Bertz CT molecular complexity index is 666. The van der Waals surface area contributed by atoms with Crippen LogP contribution >= 0.6 is 22.9 Å². The summed E-state index contributed by atoms with van der Waals surface area (Å²) in [4.78, 5) is 17.6. The molecule has 0 aromatic carbocycles. The number of fused-ring (bicyclic) bond motifs is 1. The van der Waals surface area contributed by atoms with E-state index in [2.05, 4.69) is 34.7 Å². The fourth-order valence-electron chi connectivity index (χ4n) is 2.90. The zero-order valence-electron chi connectivity index (χ0n) is 12.8. The summed E-state index contributed by atoms with van der Waals surface area (Å²) >= 11 is 7.47. The molecule has 0 bridgehead atoms. The van der Waals surface area contributed by atoms with Crippen LogP contribution in [0.3, 0.4) is 0 Å². The van der Waals surface area contributed by atoms with Gasteiger partial charge in [-0.25, -0.2) is 0 Å². The molecule has 0 saturated carbocycles. The molecule has 118 valence electrons. The van der Waals surface area contributed by atoms with Gasteiger partial charge in [-0.1, -0.05) is 11.6 Å². The van der Waals surface area contributed by atoms with Crippen molar-refractivity contribution < 1.29 is 4.79 Å². The van der Waals surface area contributed by atoms with Crippen molar-refractivity contribution in [2.24, 2.45) is 0 Å². The van der Waals surface area contributed by atoms with Crippen molar-refractivity contribution in [2.75, 3.05) is 20.1 Å². The molecular formula is C16H20ClN3OS. The fraction of sp³-hybridized carbons (Fsp3) is 0.438. The SMILES string of the molecule is C[C@H]1c2cccn2CCN1CC(=O)N(C)Cc1ccc(Cl)s1. The molecule has 3 heterocycles. The average molecular weight is 338 g/mol. The van der Waals surface area contributed by atoms with Crippen LogP contribution in [0.2, 0.25) is 4.34 Å². The minimum atomic E-state index is 0.149. The van der Waals surface area contributed by atoms with E-state index in [1.54, 1.807) is 4.90 Å². The Hall–Kier alpha value is -1.30. The van der Waals surface area contributed by atoms with Gasteiger partial charge in [-0.15, -0.1) is 11.3 Å². The summed E-state index contributed by atoms with van der Waals surface area (Å²) in [7, 11) is 1.85. The molecule has 0 spiro atoms. The molecule has 22 heavy (non-hydrogen) atoms. The Labute approximate surface area is 139 Å². The number of hydrogen-bond acceptors (Lipinski definition) is 3. The summed E-state index contributed by atoms with van der Waals surface area (Å²) in [5, 5.41) is 0. The molecule has 1 amide bonds. The number of carbonyl (C=O) groups is 1. The molecule has 0 saturated heterocycles. The maximum absolute atomic E-state index is 12.5. The van der Waals surface area contributed by atoms with E-state index >= 15 is 0 Å². The van der Waals surface area contributed by atoms with Gasteiger partial charge in [-0.2, -0.15) is 0 Å². The Morgan fingerprint density at radius 3 is 2.95 bits per heavy atom. The molecule has 1 aliphatic rings. The minimum absolute atomic E-state index is 0.149. The summed E-state index contributed by atoms with van der Waals surface area (Å²) in [6.07, 6.45) is 2.11. The molecule has 6 heteroatoms. The van der Waals surface area contributed by atoms with Crippen LogP contribution in [0.4, 0.5) is 0 Å². The topological polar surface area (TPSA) is 28.5 Å². The highest BCUT2D eigenvalue weighted by Crippen LogP contribution is 2.25. The number of nitrogens with zero attached hydrogens (tertiary/aromatic N) is 3. The van der Waals surface area contributed by atoms with E-state index < -0.39 is 0 Å². The van der Waals surface area contributed by atoms with Crippen LogP contribution in [0, 0.1) is 0 Å². The molecule has 0 aliphatic carbocycles. The molecule has 1 atom stereocenters. The third-order valence-corrected chi connectivity index (χ3v) is 5.47. The van der Waals surface area contributed by atoms with Crippen molar-refractivity contribution >= 4 is 28.8 Å². The van der Waals surface area contributed by atoms with Crippen molar-refractivity contribution in [3.05, 3.63) is 45.4 Å². The van der Waals surface area contributed by atoms with E-state index in [9.17, 15) is 4.79 Å². The van der Waals surface area contributed by atoms with Gasteiger partial charge in [0.25, 0.3) is 0 Å². The van der Waals surface area contributed by atoms with Crippen LogP contribution in [0.1, 0.15) is 23.5 Å². The number of rotatable bonds is 4. The van der Waals surface area contributed by atoms with Crippen LogP contribution < -0.4 is 0 Å². The van der Waals surface area contributed by atoms with E-state index in [-0.39, 0.29) is 11.9 Å². The maximum Gasteiger partial charge on any atom is 0.236 e. The highest BCUT2D eigenvalue weighted by molar-refractivity contribution is 7.16. The smallest absolute Gasteiger partial charge is 0.236 e. The Balaban J connectivity index is 1.60. The average Bonchev–Trinajstić information content (AvgIpc) is 3.11. The van der Waals surface area contributed by atoms with Gasteiger partial charge in [0, 0.05) is 42.9 Å². The van der Waals surface area contributed by atoms with Gasteiger partial charge in [0.05, 0.1) is 17.4 Å². The molecule has 0 N–H and O–H groups in total. The lowest BCUT2D eigenvalue weighted by atomic mass is 10.1. The van der Waals surface area contributed by atoms with E-state index in [0.29, 0.717) is 13.1 Å². The number of carbonyl (C=O) groups excluding carboxylic acids is 1. The van der Waals surface area contributed by atoms with E-state index in [0.717, 1.165) is 22.3 Å². The van der Waals surface area contributed by atoms with Gasteiger partial charge in [-0.05, 0) is 31.2 Å². The Morgan fingerprint density at radius 1 is 1.41 bits per heavy atom. The Kier molecular flexibility index (Phi) is 4.57. The van der Waals surface area contributed by atoms with Gasteiger partial charge in [0.1, 0.15) is 0 Å². The molecular weight excluding hydrogens is 318 g/mol. The quantitative estimate of drug-likeness (QED) is 0.857. The van der Waals surface area contributed by atoms with Gasteiger partial charge in [-0.3, -0.25) is 9.69 Å². The number of thiophene rings is 1. The highest BCUT2D eigenvalue weighted by Gasteiger charge is 2.26. The second-order valence-corrected chi connectivity index (χ2v) is 7.53. The van der Waals surface area contributed by atoms with E-state index in [1.807, 2.05) is 19.2 Å². The second-order valence-electron chi connectivity index (χ2n) is 5.73. The number of amides is 1. The van der Waals surface area contributed by atoms with Crippen LogP contribution in [0.15, 0.2) is 30.5 Å². The third kappa shape index (κ3) is 3.21. The molecule has 1 aliphatic heterocycles. The summed E-state index contributed by atoms with van der Waals surface area (Å²) in [6.45, 7) is 5.10. The van der Waals surface area contributed by atoms with Crippen LogP contribution in [-0.4, -0.2) is 40.4 Å². The molecule has 4 nitrogen and oxygen atoms in total. The lowest BCUT2D eigenvalue weighted by Crippen LogP contribution is -2.43. The van der Waals surface area contributed by atoms with Crippen LogP contribution in [-0.2, 0) is 17.9 Å². The zero-order valence-corrected chi connectivity index (χ0v) is 14.4. The van der Waals surface area contributed by atoms with Crippen molar-refractivity contribution in [1.82, 2.24) is 14.4 Å². The number of halogens is 1. The van der Waals surface area contributed by atoms with Gasteiger partial charge >= 0.3 is 0 Å². The monoisotopic (exact) mass is 337 g/mol. The van der Waals surface area contributed by atoms with Gasteiger partial charge in [0.15, 0.2) is 0 Å². The maximum atomic E-state index is 12.5. The number of likely N-dealkylation sites (N-methyl/N-ethyl adjacent to an activating group) is 1. The van der Waals surface area contributed by atoms with Crippen molar-refractivity contribution in [3.63, 3.8) is 0 Å². The summed E-state index contributed by atoms with van der Waals surface area (Å²) in [6, 6.07) is 8.34. The van der Waals surface area contributed by atoms with Crippen molar-refractivity contribution in [2.45, 2.75) is 26.1 Å². The largest absolute Gasteiger partial charge is 0.349 e. The summed E-state index contributed by atoms with van der Waals surface area (Å²) in [5.41, 5.74) is 1.28. The zero-order chi connectivity index (χ0) is 15.7. The predicted octanol–water partition coefficient (Wildman–Crippen LogP) is 3.24. The number of aromatic nitrogens is 1. The summed E-state index contributed by atoms with van der Waals surface area (Å²) < 4.78 is 3.03. The van der Waals surface area contributed by atoms with Crippen molar-refractivity contribution in [3.8, 4) is 0 Å². The lowest BCUT2D eigenvalue weighted by molar-refractivity contribution is -0.132.